The van der Waals surface area contributed by atoms with Crippen molar-refractivity contribution in [1.82, 2.24) is 0 Å². The fourth-order valence-electron chi connectivity index (χ4n) is 3.42. The summed E-state index contributed by atoms with van der Waals surface area (Å²) in [6.45, 7) is 0. The number of Topliss-reactive ketones (excluding diaryl/α,β-unsaturated/α-hetero) is 2. The summed E-state index contributed by atoms with van der Waals surface area (Å²) in [5.74, 6) is -1.55. The Morgan fingerprint density at radius 3 is 2.52 bits per heavy atom. The minimum Gasteiger partial charge on any atom is -0.294 e. The first-order chi connectivity index (χ1) is 11.6. The Labute approximate surface area is 148 Å². The number of fused-ring (bicyclic) bond motifs is 2. The number of benzene rings is 1. The highest BCUT2D eigenvalue weighted by atomic mass is 35.5. The van der Waals surface area contributed by atoms with Crippen molar-refractivity contribution < 1.29 is 22.9 Å². The van der Waals surface area contributed by atoms with Crippen LogP contribution in [-0.4, -0.2) is 31.2 Å². The van der Waals surface area contributed by atoms with E-state index in [1.165, 1.54) is 0 Å². The molecule has 0 heterocycles. The molecule has 3 rings (SSSR count). The number of ketones is 2. The number of carbonyl (C=O) groups is 2. The van der Waals surface area contributed by atoms with E-state index in [1.54, 1.807) is 0 Å². The van der Waals surface area contributed by atoms with Crippen molar-refractivity contribution in [3.8, 4) is 0 Å². The number of hydrogen-bond donors (Lipinski definition) is 0. The molecule has 0 saturated heterocycles. The smallest absolute Gasteiger partial charge is 0.281 e. The van der Waals surface area contributed by atoms with E-state index >= 15 is 0 Å². The zero-order chi connectivity index (χ0) is 18.5. The molecule has 0 aromatic heterocycles. The first-order valence-corrected chi connectivity index (χ1v) is 9.85. The lowest BCUT2D eigenvalue weighted by molar-refractivity contribution is -0.385. The predicted octanol–water partition coefficient (Wildman–Crippen LogP) is 2.67. The average molecular weight is 384 g/mol. The Morgan fingerprint density at radius 1 is 1.28 bits per heavy atom. The van der Waals surface area contributed by atoms with Crippen molar-refractivity contribution in [2.45, 2.75) is 24.2 Å². The zero-order valence-corrected chi connectivity index (χ0v) is 14.8. The van der Waals surface area contributed by atoms with Crippen LogP contribution in [0.5, 0.6) is 0 Å². The van der Waals surface area contributed by atoms with Gasteiger partial charge in [0.25, 0.3) is 5.69 Å². The van der Waals surface area contributed by atoms with Crippen molar-refractivity contribution in [2.24, 2.45) is 11.8 Å². The minimum absolute atomic E-state index is 0.0716. The molecule has 1 fully saturated rings. The molecule has 0 aliphatic heterocycles. The molecule has 0 N–H and O–H groups in total. The maximum Gasteiger partial charge on any atom is 0.281 e. The highest BCUT2D eigenvalue weighted by Crippen LogP contribution is 2.46. The number of halogens is 1. The highest BCUT2D eigenvalue weighted by molar-refractivity contribution is 7.90. The van der Waals surface area contributed by atoms with Crippen LogP contribution in [0.25, 0.3) is 0 Å². The Hall–Kier alpha value is -2.06. The lowest BCUT2D eigenvalue weighted by Crippen LogP contribution is -2.26. The van der Waals surface area contributed by atoms with Crippen LogP contribution in [0.4, 0.5) is 5.69 Å². The molecule has 2 atom stereocenters. The second kappa shape index (κ2) is 6.03. The van der Waals surface area contributed by atoms with Gasteiger partial charge in [-0.2, -0.15) is 0 Å². The number of sulfone groups is 1. The van der Waals surface area contributed by atoms with Crippen LogP contribution in [0, 0.1) is 22.0 Å². The van der Waals surface area contributed by atoms with Crippen LogP contribution in [0.1, 0.15) is 29.6 Å². The number of rotatable bonds is 4. The van der Waals surface area contributed by atoms with Gasteiger partial charge in [-0.25, -0.2) is 8.42 Å². The summed E-state index contributed by atoms with van der Waals surface area (Å²) in [6.07, 6.45) is 2.87. The Balaban J connectivity index is 2.13. The lowest BCUT2D eigenvalue weighted by atomic mass is 9.84. The molecule has 132 valence electrons. The van der Waals surface area contributed by atoms with E-state index in [0.717, 1.165) is 24.5 Å². The maximum atomic E-state index is 12.8. The second-order valence-corrected chi connectivity index (χ2v) is 8.75. The molecule has 2 aliphatic rings. The average Bonchev–Trinajstić information content (AvgIpc) is 2.98. The minimum atomic E-state index is -3.68. The standard InChI is InChI=1S/C16H14ClNO6S/c1-25(23,24)10-4-5-11(12(7-10)18(21)22)16(20)13-14(17)8-2-3-9(6-8)15(13)19/h4-5,7-9H,2-3,6H2,1H3. The van der Waals surface area contributed by atoms with Gasteiger partial charge in [0, 0.05) is 23.3 Å². The van der Waals surface area contributed by atoms with Crippen molar-refractivity contribution in [3.05, 3.63) is 44.5 Å². The Kier molecular flexibility index (Phi) is 4.28. The number of nitrogens with zero attached hydrogens (tertiary/aromatic N) is 1. The predicted molar refractivity (Wildman–Crippen MR) is 89.3 cm³/mol. The fraction of sp³-hybridized carbons (Fsp3) is 0.375. The van der Waals surface area contributed by atoms with Gasteiger partial charge in [-0.3, -0.25) is 19.7 Å². The Morgan fingerprint density at radius 2 is 1.92 bits per heavy atom. The quantitative estimate of drug-likeness (QED) is 0.342. The number of allylic oxidation sites excluding steroid dienone is 2. The van der Waals surface area contributed by atoms with Crippen molar-refractivity contribution in [3.63, 3.8) is 0 Å². The van der Waals surface area contributed by atoms with Crippen molar-refractivity contribution >= 4 is 38.7 Å². The molecule has 0 radical (unpaired) electrons. The van der Waals surface area contributed by atoms with Gasteiger partial charge in [0.05, 0.1) is 15.4 Å². The lowest BCUT2D eigenvalue weighted by Gasteiger charge is -2.20. The normalized spacial score (nSPS) is 23.0. The van der Waals surface area contributed by atoms with Gasteiger partial charge in [-0.1, -0.05) is 11.6 Å². The van der Waals surface area contributed by atoms with Crippen LogP contribution < -0.4 is 0 Å². The molecule has 0 amide bonds. The largest absolute Gasteiger partial charge is 0.294 e. The van der Waals surface area contributed by atoms with E-state index in [9.17, 15) is 28.1 Å². The second-order valence-electron chi connectivity index (χ2n) is 6.33. The number of hydrogen-bond acceptors (Lipinski definition) is 6. The highest BCUT2D eigenvalue weighted by Gasteiger charge is 2.43. The molecule has 2 aliphatic carbocycles. The van der Waals surface area contributed by atoms with Crippen LogP contribution in [0.2, 0.25) is 0 Å². The van der Waals surface area contributed by atoms with E-state index in [0.29, 0.717) is 19.3 Å². The van der Waals surface area contributed by atoms with Crippen molar-refractivity contribution in [1.29, 1.82) is 0 Å². The summed E-state index contributed by atoms with van der Waals surface area (Å²) in [7, 11) is -3.68. The third kappa shape index (κ3) is 3.00. The van der Waals surface area contributed by atoms with Gasteiger partial charge in [-0.05, 0) is 37.3 Å². The molecule has 7 nitrogen and oxygen atoms in total. The third-order valence-electron chi connectivity index (χ3n) is 4.71. The van der Waals surface area contributed by atoms with E-state index in [4.69, 9.17) is 11.6 Å². The molecule has 1 aromatic carbocycles. The summed E-state index contributed by atoms with van der Waals surface area (Å²) in [4.78, 5) is 35.5. The SMILES string of the molecule is CS(=O)(=O)c1ccc(C(=O)C2=C(Cl)C3CCC(C3)C2=O)c([N+](=O)[O-])c1. The van der Waals surface area contributed by atoms with Gasteiger partial charge < -0.3 is 0 Å². The first-order valence-electron chi connectivity index (χ1n) is 7.58. The van der Waals surface area contributed by atoms with Gasteiger partial charge in [0.2, 0.25) is 5.78 Å². The maximum absolute atomic E-state index is 12.8. The van der Waals surface area contributed by atoms with Crippen LogP contribution in [-0.2, 0) is 14.6 Å². The molecule has 25 heavy (non-hydrogen) atoms. The van der Waals surface area contributed by atoms with Crippen LogP contribution in [0.3, 0.4) is 0 Å². The molecule has 2 bridgehead atoms. The number of nitro groups is 1. The monoisotopic (exact) mass is 383 g/mol. The number of carbonyl (C=O) groups excluding carboxylic acids is 2. The summed E-state index contributed by atoms with van der Waals surface area (Å²) >= 11 is 6.22. The topological polar surface area (TPSA) is 111 Å². The van der Waals surface area contributed by atoms with E-state index in [1.807, 2.05) is 0 Å². The summed E-state index contributed by atoms with van der Waals surface area (Å²) in [5.41, 5.74) is -1.19. The molecular weight excluding hydrogens is 370 g/mol. The van der Waals surface area contributed by atoms with E-state index in [-0.39, 0.29) is 38.7 Å². The van der Waals surface area contributed by atoms with Gasteiger partial charge in [0.1, 0.15) is 5.56 Å². The van der Waals surface area contributed by atoms with Crippen molar-refractivity contribution in [2.75, 3.05) is 6.26 Å². The van der Waals surface area contributed by atoms with Crippen LogP contribution >= 0.6 is 11.6 Å². The molecule has 1 aromatic rings. The molecule has 9 heteroatoms. The molecule has 0 spiro atoms. The van der Waals surface area contributed by atoms with Gasteiger partial charge in [0.15, 0.2) is 15.6 Å². The number of nitro benzene ring substituents is 1. The van der Waals surface area contributed by atoms with Crippen LogP contribution in [0.15, 0.2) is 33.7 Å². The van der Waals surface area contributed by atoms with E-state index < -0.39 is 26.2 Å². The summed E-state index contributed by atoms with van der Waals surface area (Å²) < 4.78 is 23.2. The summed E-state index contributed by atoms with van der Waals surface area (Å²) in [5, 5.41) is 11.5. The molecule has 2 unspecified atom stereocenters. The fourth-order valence-corrected chi connectivity index (χ4v) is 4.43. The van der Waals surface area contributed by atoms with Gasteiger partial charge in [-0.15, -0.1) is 0 Å². The summed E-state index contributed by atoms with van der Waals surface area (Å²) in [6, 6.07) is 3.02. The molecular formula is C16H14ClNO6S. The first kappa shape index (κ1) is 17.8. The Bertz CT molecular complexity index is 949. The zero-order valence-electron chi connectivity index (χ0n) is 13.2. The molecule has 1 saturated carbocycles. The van der Waals surface area contributed by atoms with Gasteiger partial charge >= 0.3 is 0 Å². The third-order valence-corrected chi connectivity index (χ3v) is 6.32. The van der Waals surface area contributed by atoms with E-state index in [2.05, 4.69) is 0 Å².